The van der Waals surface area contributed by atoms with E-state index >= 15 is 0 Å². The molecule has 1 aliphatic rings. The van der Waals surface area contributed by atoms with E-state index in [0.717, 1.165) is 29.7 Å². The first-order valence-corrected chi connectivity index (χ1v) is 9.59. The fourth-order valence-corrected chi connectivity index (χ4v) is 4.25. The summed E-state index contributed by atoms with van der Waals surface area (Å²) >= 11 is 7.16. The van der Waals surface area contributed by atoms with E-state index in [1.54, 1.807) is 6.92 Å². The summed E-state index contributed by atoms with van der Waals surface area (Å²) in [4.78, 5) is 41.3. The normalized spacial score (nSPS) is 12.4. The summed E-state index contributed by atoms with van der Waals surface area (Å²) in [6, 6.07) is 2.88. The number of halogens is 1. The summed E-state index contributed by atoms with van der Waals surface area (Å²) in [5.74, 6) is -1.75. The van der Waals surface area contributed by atoms with E-state index in [2.05, 4.69) is 10.3 Å². The molecule has 0 atom stereocenters. The van der Waals surface area contributed by atoms with Crippen LogP contribution in [0, 0.1) is 0 Å². The highest BCUT2D eigenvalue weighted by Crippen LogP contribution is 2.39. The number of rotatable bonds is 6. The topological polar surface area (TPSA) is 94.6 Å². The van der Waals surface area contributed by atoms with Crippen molar-refractivity contribution in [3.8, 4) is 0 Å². The first-order chi connectivity index (χ1) is 13.0. The molecule has 27 heavy (non-hydrogen) atoms. The Balaban J connectivity index is 1.66. The van der Waals surface area contributed by atoms with Crippen LogP contribution in [-0.2, 0) is 27.1 Å². The number of pyridine rings is 1. The van der Waals surface area contributed by atoms with Crippen LogP contribution in [0.1, 0.15) is 44.6 Å². The Morgan fingerprint density at radius 3 is 2.81 bits per heavy atom. The second kappa shape index (κ2) is 8.49. The van der Waals surface area contributed by atoms with Gasteiger partial charge in [-0.05, 0) is 43.9 Å². The van der Waals surface area contributed by atoms with Crippen molar-refractivity contribution in [1.82, 2.24) is 4.98 Å². The maximum Gasteiger partial charge on any atom is 0.357 e. The van der Waals surface area contributed by atoms with Crippen molar-refractivity contribution in [3.63, 3.8) is 0 Å². The number of nitrogens with zero attached hydrogens (tertiary/aromatic N) is 1. The maximum absolute atomic E-state index is 12.3. The zero-order valence-corrected chi connectivity index (χ0v) is 16.1. The molecule has 3 rings (SSSR count). The summed E-state index contributed by atoms with van der Waals surface area (Å²) in [7, 11) is 0. The molecule has 9 heteroatoms. The lowest BCUT2D eigenvalue weighted by atomic mass is 10.1. The predicted octanol–water partition coefficient (Wildman–Crippen LogP) is 3.26. The summed E-state index contributed by atoms with van der Waals surface area (Å²) in [5.41, 5.74) is 1.36. The second-order valence-electron chi connectivity index (χ2n) is 5.77. The number of ether oxygens (including phenoxy) is 2. The average Bonchev–Trinajstić information content (AvgIpc) is 3.20. The van der Waals surface area contributed by atoms with Gasteiger partial charge in [0.15, 0.2) is 6.61 Å². The lowest BCUT2D eigenvalue weighted by molar-refractivity contribution is -0.119. The molecule has 0 unspecified atom stereocenters. The van der Waals surface area contributed by atoms with Crippen molar-refractivity contribution < 1.29 is 23.9 Å². The van der Waals surface area contributed by atoms with E-state index in [1.807, 2.05) is 0 Å². The molecule has 0 radical (unpaired) electrons. The first kappa shape index (κ1) is 19.3. The van der Waals surface area contributed by atoms with Crippen LogP contribution >= 0.6 is 22.9 Å². The van der Waals surface area contributed by atoms with E-state index in [1.165, 1.54) is 29.7 Å². The third-order valence-corrected chi connectivity index (χ3v) is 5.36. The lowest BCUT2D eigenvalue weighted by Gasteiger charge is -2.08. The van der Waals surface area contributed by atoms with Crippen LogP contribution in [-0.4, -0.2) is 36.0 Å². The number of fused-ring (bicyclic) bond motifs is 1. The second-order valence-corrected chi connectivity index (χ2v) is 7.31. The first-order valence-electron chi connectivity index (χ1n) is 8.39. The van der Waals surface area contributed by atoms with Gasteiger partial charge in [0.2, 0.25) is 0 Å². The smallest absolute Gasteiger partial charge is 0.357 e. The molecule has 1 amide bonds. The Labute approximate surface area is 164 Å². The van der Waals surface area contributed by atoms with Gasteiger partial charge in [0.1, 0.15) is 10.7 Å². The van der Waals surface area contributed by atoms with E-state index in [-0.39, 0.29) is 12.3 Å². The minimum Gasteiger partial charge on any atom is -0.462 e. The molecular weight excluding hydrogens is 392 g/mol. The summed E-state index contributed by atoms with van der Waals surface area (Å²) in [6.07, 6.45) is 4.01. The maximum atomic E-state index is 12.3. The minimum absolute atomic E-state index is 0.0117. The molecule has 7 nitrogen and oxygen atoms in total. The Morgan fingerprint density at radius 1 is 1.26 bits per heavy atom. The number of esters is 2. The molecule has 0 saturated carbocycles. The Bertz CT molecular complexity index is 896. The van der Waals surface area contributed by atoms with Crippen molar-refractivity contribution in [2.45, 2.75) is 26.2 Å². The number of hydrogen-bond acceptors (Lipinski definition) is 7. The number of nitrogens with one attached hydrogen (secondary N) is 1. The largest absolute Gasteiger partial charge is 0.462 e. The summed E-state index contributed by atoms with van der Waals surface area (Å²) in [6.45, 7) is 1.48. The number of hydrogen-bond donors (Lipinski definition) is 1. The van der Waals surface area contributed by atoms with Crippen molar-refractivity contribution in [2.75, 3.05) is 18.5 Å². The van der Waals surface area contributed by atoms with Gasteiger partial charge >= 0.3 is 11.9 Å². The molecule has 2 aromatic rings. The molecular formula is C18H17ClN2O5S. The zero-order valence-electron chi connectivity index (χ0n) is 14.5. The molecule has 142 valence electrons. The quantitative estimate of drug-likeness (QED) is 0.737. The molecule has 2 heterocycles. The Morgan fingerprint density at radius 2 is 2.07 bits per heavy atom. The van der Waals surface area contributed by atoms with Crippen molar-refractivity contribution in [3.05, 3.63) is 45.1 Å². The van der Waals surface area contributed by atoms with Crippen LogP contribution in [0.15, 0.2) is 18.3 Å². The molecule has 0 aliphatic heterocycles. The van der Waals surface area contributed by atoms with E-state index in [9.17, 15) is 14.4 Å². The number of amides is 1. The van der Waals surface area contributed by atoms with Gasteiger partial charge < -0.3 is 14.8 Å². The molecule has 1 N–H and O–H groups in total. The number of anilines is 1. The molecule has 0 aromatic carbocycles. The van der Waals surface area contributed by atoms with Gasteiger partial charge in [-0.2, -0.15) is 0 Å². The van der Waals surface area contributed by atoms with Crippen molar-refractivity contribution in [1.29, 1.82) is 0 Å². The van der Waals surface area contributed by atoms with Crippen molar-refractivity contribution in [2.24, 2.45) is 0 Å². The van der Waals surface area contributed by atoms with Crippen LogP contribution in [0.3, 0.4) is 0 Å². The van der Waals surface area contributed by atoms with E-state index < -0.39 is 24.5 Å². The molecule has 0 spiro atoms. The van der Waals surface area contributed by atoms with Crippen LogP contribution < -0.4 is 5.32 Å². The summed E-state index contributed by atoms with van der Waals surface area (Å²) in [5, 5.41) is 3.42. The van der Waals surface area contributed by atoms with Crippen LogP contribution in [0.2, 0.25) is 5.02 Å². The molecule has 2 aromatic heterocycles. The zero-order chi connectivity index (χ0) is 19.4. The number of carbonyl (C=O) groups excluding carboxylic acids is 3. The third kappa shape index (κ3) is 4.45. The Kier molecular flexibility index (Phi) is 6.08. The standard InChI is InChI=1S/C18H17ClN2O5S/c1-2-25-18(24)15-11-4-3-5-13(11)27-16(15)21-14(22)9-26-17(23)12-8-10(19)6-7-20-12/h6-8H,2-5,9H2,1H3,(H,21,22). The lowest BCUT2D eigenvalue weighted by Crippen LogP contribution is -2.22. The van der Waals surface area contributed by atoms with Gasteiger partial charge in [-0.15, -0.1) is 11.3 Å². The van der Waals surface area contributed by atoms with Gasteiger partial charge in [0, 0.05) is 16.1 Å². The van der Waals surface area contributed by atoms with E-state index in [4.69, 9.17) is 21.1 Å². The van der Waals surface area contributed by atoms with Gasteiger partial charge in [-0.3, -0.25) is 4.79 Å². The SMILES string of the molecule is CCOC(=O)c1c(NC(=O)COC(=O)c2cc(Cl)ccn2)sc2c1CCC2. The highest BCUT2D eigenvalue weighted by Gasteiger charge is 2.28. The minimum atomic E-state index is -0.757. The molecule has 1 aliphatic carbocycles. The molecule has 0 saturated heterocycles. The highest BCUT2D eigenvalue weighted by molar-refractivity contribution is 7.17. The van der Waals surface area contributed by atoms with Gasteiger partial charge in [-0.25, -0.2) is 14.6 Å². The molecule has 0 fully saturated rings. The average molecular weight is 409 g/mol. The van der Waals surface area contributed by atoms with Gasteiger partial charge in [0.25, 0.3) is 5.91 Å². The van der Waals surface area contributed by atoms with Crippen LogP contribution in [0.5, 0.6) is 0 Å². The number of carbonyl (C=O) groups is 3. The van der Waals surface area contributed by atoms with E-state index in [0.29, 0.717) is 15.6 Å². The van der Waals surface area contributed by atoms with Crippen molar-refractivity contribution >= 4 is 45.8 Å². The number of aromatic nitrogens is 1. The fraction of sp³-hybridized carbons (Fsp3) is 0.333. The fourth-order valence-electron chi connectivity index (χ4n) is 2.80. The van der Waals surface area contributed by atoms with Crippen LogP contribution in [0.4, 0.5) is 5.00 Å². The highest BCUT2D eigenvalue weighted by atomic mass is 35.5. The number of aryl methyl sites for hydroxylation is 1. The monoisotopic (exact) mass is 408 g/mol. The van der Waals surface area contributed by atoms with Gasteiger partial charge in [0.05, 0.1) is 12.2 Å². The van der Waals surface area contributed by atoms with Gasteiger partial charge in [-0.1, -0.05) is 11.6 Å². The third-order valence-electron chi connectivity index (χ3n) is 3.92. The predicted molar refractivity (Wildman–Crippen MR) is 100 cm³/mol. The Hall–Kier alpha value is -2.45. The summed E-state index contributed by atoms with van der Waals surface area (Å²) < 4.78 is 10.1. The molecule has 0 bridgehead atoms. The van der Waals surface area contributed by atoms with Crippen LogP contribution in [0.25, 0.3) is 0 Å². The number of thiophene rings is 1.